The Morgan fingerprint density at radius 2 is 2.10 bits per heavy atom. The molecule has 1 saturated heterocycles. The van der Waals surface area contributed by atoms with Crippen molar-refractivity contribution in [3.63, 3.8) is 0 Å². The van der Waals surface area contributed by atoms with Crippen LogP contribution in [0.2, 0.25) is 0 Å². The highest BCUT2D eigenvalue weighted by Crippen LogP contribution is 2.16. The number of anilines is 2. The maximum atomic E-state index is 12.6. The number of nitrogens with zero attached hydrogens (tertiary/aromatic N) is 6. The molecule has 2 aromatic heterocycles. The van der Waals surface area contributed by atoms with Crippen LogP contribution in [0.25, 0.3) is 0 Å². The standard InChI is InChI=1S/C20H28N8O2.HI/c1-4-21-20(22-9-8-18(29)25-17-7-5-6-15(2)24-17)27-10-11-28(19(30)14-27)16-12-23-26(3)13-16;/h5-7,12-13H,4,8-11,14H2,1-3H3,(H,21,22)(H,24,25,29);1H. The summed E-state index contributed by atoms with van der Waals surface area (Å²) in [6.07, 6.45) is 3.75. The highest BCUT2D eigenvalue weighted by atomic mass is 127. The Bertz CT molecular complexity index is 929. The number of hydrogen-bond acceptors (Lipinski definition) is 5. The summed E-state index contributed by atoms with van der Waals surface area (Å²) in [5.74, 6) is 1.01. The van der Waals surface area contributed by atoms with E-state index in [1.807, 2.05) is 44.1 Å². The van der Waals surface area contributed by atoms with Crippen molar-refractivity contribution in [3.05, 3.63) is 36.3 Å². The minimum atomic E-state index is -0.148. The smallest absolute Gasteiger partial charge is 0.246 e. The summed E-state index contributed by atoms with van der Waals surface area (Å²) in [5.41, 5.74) is 1.64. The van der Waals surface area contributed by atoms with Crippen LogP contribution in [-0.4, -0.2) is 70.2 Å². The van der Waals surface area contributed by atoms with Crippen molar-refractivity contribution in [1.29, 1.82) is 0 Å². The van der Waals surface area contributed by atoms with Crippen molar-refractivity contribution < 1.29 is 9.59 Å². The van der Waals surface area contributed by atoms with Crippen LogP contribution >= 0.6 is 24.0 Å². The summed E-state index contributed by atoms with van der Waals surface area (Å²) >= 11 is 0. The van der Waals surface area contributed by atoms with E-state index in [2.05, 4.69) is 25.7 Å². The molecule has 1 aliphatic heterocycles. The van der Waals surface area contributed by atoms with Crippen molar-refractivity contribution in [2.45, 2.75) is 20.3 Å². The summed E-state index contributed by atoms with van der Waals surface area (Å²) in [6, 6.07) is 5.48. The summed E-state index contributed by atoms with van der Waals surface area (Å²) in [4.78, 5) is 37.2. The monoisotopic (exact) mass is 540 g/mol. The lowest BCUT2D eigenvalue weighted by atomic mass is 10.3. The van der Waals surface area contributed by atoms with Gasteiger partial charge in [0.15, 0.2) is 5.96 Å². The highest BCUT2D eigenvalue weighted by Gasteiger charge is 2.27. The van der Waals surface area contributed by atoms with Gasteiger partial charge in [-0.25, -0.2) is 4.98 Å². The molecule has 3 heterocycles. The van der Waals surface area contributed by atoms with Gasteiger partial charge in [-0.15, -0.1) is 24.0 Å². The largest absolute Gasteiger partial charge is 0.357 e. The predicted octanol–water partition coefficient (Wildman–Crippen LogP) is 1.38. The molecule has 11 heteroatoms. The number of aromatic nitrogens is 3. The Morgan fingerprint density at radius 1 is 1.29 bits per heavy atom. The first-order valence-corrected chi connectivity index (χ1v) is 10.0. The van der Waals surface area contributed by atoms with Crippen LogP contribution in [-0.2, 0) is 16.6 Å². The number of rotatable bonds is 6. The molecule has 0 radical (unpaired) electrons. The van der Waals surface area contributed by atoms with Gasteiger partial charge in [-0.3, -0.25) is 19.3 Å². The third-order valence-electron chi connectivity index (χ3n) is 4.61. The van der Waals surface area contributed by atoms with Gasteiger partial charge in [0.25, 0.3) is 0 Å². The Labute approximate surface area is 199 Å². The molecule has 0 spiro atoms. The molecule has 2 aromatic rings. The van der Waals surface area contributed by atoms with Gasteiger partial charge in [0.2, 0.25) is 11.8 Å². The van der Waals surface area contributed by atoms with E-state index >= 15 is 0 Å². The maximum Gasteiger partial charge on any atom is 0.246 e. The number of nitrogens with one attached hydrogen (secondary N) is 2. The predicted molar refractivity (Wildman–Crippen MR) is 131 cm³/mol. The molecule has 0 bridgehead atoms. The number of guanidine groups is 1. The van der Waals surface area contributed by atoms with Gasteiger partial charge in [-0.05, 0) is 26.0 Å². The topological polar surface area (TPSA) is 108 Å². The summed E-state index contributed by atoms with van der Waals surface area (Å²) in [6.45, 7) is 6.25. The molecule has 3 rings (SSSR count). The molecule has 2 amide bonds. The molecule has 0 unspecified atom stereocenters. The van der Waals surface area contributed by atoms with Gasteiger partial charge in [-0.2, -0.15) is 5.10 Å². The second kappa shape index (κ2) is 11.6. The van der Waals surface area contributed by atoms with E-state index < -0.39 is 0 Å². The lowest BCUT2D eigenvalue weighted by Gasteiger charge is -2.35. The summed E-state index contributed by atoms with van der Waals surface area (Å²) in [5, 5.41) is 10.1. The van der Waals surface area contributed by atoms with Gasteiger partial charge in [-0.1, -0.05) is 6.07 Å². The van der Waals surface area contributed by atoms with Crippen molar-refractivity contribution in [3.8, 4) is 0 Å². The fourth-order valence-electron chi connectivity index (χ4n) is 3.18. The molecule has 0 aromatic carbocycles. The van der Waals surface area contributed by atoms with Crippen LogP contribution < -0.4 is 15.5 Å². The highest BCUT2D eigenvalue weighted by molar-refractivity contribution is 14.0. The van der Waals surface area contributed by atoms with Crippen molar-refractivity contribution in [1.82, 2.24) is 25.0 Å². The molecule has 2 N–H and O–H groups in total. The number of carbonyl (C=O) groups is 2. The lowest BCUT2D eigenvalue weighted by molar-refractivity contribution is -0.120. The fourth-order valence-corrected chi connectivity index (χ4v) is 3.18. The molecule has 31 heavy (non-hydrogen) atoms. The minimum Gasteiger partial charge on any atom is -0.357 e. The first kappa shape index (κ1) is 24.6. The van der Waals surface area contributed by atoms with Crippen LogP contribution in [0.3, 0.4) is 0 Å². The third-order valence-corrected chi connectivity index (χ3v) is 4.61. The Hall–Kier alpha value is -2.70. The molecule has 0 atom stereocenters. The van der Waals surface area contributed by atoms with Gasteiger partial charge in [0.05, 0.1) is 18.4 Å². The molecular weight excluding hydrogens is 511 g/mol. The maximum absolute atomic E-state index is 12.6. The van der Waals surface area contributed by atoms with Crippen LogP contribution in [0.15, 0.2) is 35.6 Å². The third kappa shape index (κ3) is 6.91. The van der Waals surface area contributed by atoms with E-state index in [0.29, 0.717) is 38.0 Å². The molecule has 1 aliphatic rings. The van der Waals surface area contributed by atoms with Crippen LogP contribution in [0.1, 0.15) is 19.0 Å². The zero-order chi connectivity index (χ0) is 21.5. The summed E-state index contributed by atoms with van der Waals surface area (Å²) in [7, 11) is 1.82. The number of halogens is 1. The lowest BCUT2D eigenvalue weighted by Crippen LogP contribution is -2.55. The Balaban J connectivity index is 0.00000341. The van der Waals surface area contributed by atoms with Crippen LogP contribution in [0, 0.1) is 6.92 Å². The molecule has 0 aliphatic carbocycles. The number of hydrogen-bond donors (Lipinski definition) is 2. The molecule has 168 valence electrons. The zero-order valence-corrected chi connectivity index (χ0v) is 20.4. The number of aliphatic imine (C=N–C) groups is 1. The number of carbonyl (C=O) groups excluding carboxylic acids is 2. The second-order valence-corrected chi connectivity index (χ2v) is 7.04. The second-order valence-electron chi connectivity index (χ2n) is 7.04. The first-order valence-electron chi connectivity index (χ1n) is 10.0. The normalized spacial score (nSPS) is 14.3. The SMILES string of the molecule is CCNC(=NCCC(=O)Nc1cccc(C)n1)N1CCN(c2cnn(C)c2)C(=O)C1.I. The van der Waals surface area contributed by atoms with E-state index in [1.54, 1.807) is 21.8 Å². The number of pyridine rings is 1. The zero-order valence-electron chi connectivity index (χ0n) is 18.0. The fraction of sp³-hybridized carbons (Fsp3) is 0.450. The van der Waals surface area contributed by atoms with E-state index in [1.165, 1.54) is 0 Å². The number of aryl methyl sites for hydroxylation is 2. The number of piperazine rings is 1. The van der Waals surface area contributed by atoms with E-state index in [9.17, 15) is 9.59 Å². The average molecular weight is 540 g/mol. The van der Waals surface area contributed by atoms with E-state index in [-0.39, 0.29) is 48.8 Å². The van der Waals surface area contributed by atoms with Crippen molar-refractivity contribution in [2.24, 2.45) is 12.0 Å². The van der Waals surface area contributed by atoms with Gasteiger partial charge < -0.3 is 20.4 Å². The minimum absolute atomic E-state index is 0. The quantitative estimate of drug-likeness (QED) is 0.326. The molecular formula is C20H29IN8O2. The first-order chi connectivity index (χ1) is 14.5. The Morgan fingerprint density at radius 3 is 2.74 bits per heavy atom. The van der Waals surface area contributed by atoms with E-state index in [4.69, 9.17) is 0 Å². The van der Waals surface area contributed by atoms with Gasteiger partial charge in [0, 0.05) is 45.0 Å². The number of amides is 2. The molecule has 0 saturated carbocycles. The van der Waals surface area contributed by atoms with E-state index in [0.717, 1.165) is 11.4 Å². The average Bonchev–Trinajstić information content (AvgIpc) is 3.13. The molecule has 1 fully saturated rings. The van der Waals surface area contributed by atoms with Crippen LogP contribution in [0.4, 0.5) is 11.5 Å². The van der Waals surface area contributed by atoms with Crippen molar-refractivity contribution >= 4 is 53.3 Å². The summed E-state index contributed by atoms with van der Waals surface area (Å²) < 4.78 is 1.68. The van der Waals surface area contributed by atoms with Gasteiger partial charge >= 0.3 is 0 Å². The van der Waals surface area contributed by atoms with Gasteiger partial charge in [0.1, 0.15) is 12.4 Å². The Kier molecular flexibility index (Phi) is 9.21. The van der Waals surface area contributed by atoms with Crippen LogP contribution in [0.5, 0.6) is 0 Å². The molecule has 10 nitrogen and oxygen atoms in total. The van der Waals surface area contributed by atoms with Crippen molar-refractivity contribution in [2.75, 3.05) is 42.9 Å².